The number of phenolic OH excluding ortho intramolecular Hbond substituents is 2. The zero-order valence-corrected chi connectivity index (χ0v) is 10.3. The number of piperidine rings is 1. The highest BCUT2D eigenvalue weighted by molar-refractivity contribution is 5.47. The summed E-state index contributed by atoms with van der Waals surface area (Å²) in [6, 6.07) is 1.77. The molecule has 0 saturated carbocycles. The predicted octanol–water partition coefficient (Wildman–Crippen LogP) is 2.66. The largest absolute Gasteiger partial charge is 0.508 e. The summed E-state index contributed by atoms with van der Waals surface area (Å²) in [5.41, 5.74) is -1.00. The van der Waals surface area contributed by atoms with Crippen LogP contribution in [0.1, 0.15) is 24.0 Å². The zero-order chi connectivity index (χ0) is 14.0. The van der Waals surface area contributed by atoms with Gasteiger partial charge in [0.05, 0.1) is 0 Å². The van der Waals surface area contributed by atoms with Crippen molar-refractivity contribution >= 4 is 0 Å². The van der Waals surface area contributed by atoms with Crippen LogP contribution < -0.4 is 5.32 Å². The van der Waals surface area contributed by atoms with Crippen molar-refractivity contribution in [2.75, 3.05) is 13.1 Å². The van der Waals surface area contributed by atoms with Gasteiger partial charge in [-0.3, -0.25) is 0 Å². The van der Waals surface area contributed by atoms with Crippen LogP contribution in [0, 0.1) is 5.92 Å². The molecule has 3 nitrogen and oxygen atoms in total. The van der Waals surface area contributed by atoms with Crippen molar-refractivity contribution in [3.05, 3.63) is 23.3 Å². The first-order valence-electron chi connectivity index (χ1n) is 6.20. The van der Waals surface area contributed by atoms with Crippen molar-refractivity contribution in [1.82, 2.24) is 5.32 Å². The molecule has 19 heavy (non-hydrogen) atoms. The highest BCUT2D eigenvalue weighted by atomic mass is 19.4. The van der Waals surface area contributed by atoms with Gasteiger partial charge in [-0.05, 0) is 56.0 Å². The normalized spacial score (nSPS) is 17.6. The van der Waals surface area contributed by atoms with Gasteiger partial charge in [-0.1, -0.05) is 0 Å². The molecule has 1 aliphatic heterocycles. The van der Waals surface area contributed by atoms with E-state index in [1.807, 2.05) is 0 Å². The first-order valence-corrected chi connectivity index (χ1v) is 6.20. The maximum atomic E-state index is 12.7. The standard InChI is InChI=1S/C13H16F3NO2/c14-13(15,16)11-7-10(18)6-9(12(11)19)5-8-1-3-17-4-2-8/h6-8,17-19H,1-5H2. The molecule has 1 saturated heterocycles. The average molecular weight is 275 g/mol. The average Bonchev–Trinajstić information content (AvgIpc) is 2.33. The summed E-state index contributed by atoms with van der Waals surface area (Å²) in [5.74, 6) is -0.993. The molecule has 0 aliphatic carbocycles. The minimum atomic E-state index is -4.66. The maximum Gasteiger partial charge on any atom is 0.420 e. The summed E-state index contributed by atoms with van der Waals surface area (Å²) in [5, 5.41) is 22.3. The lowest BCUT2D eigenvalue weighted by Crippen LogP contribution is -2.28. The number of hydrogen-bond donors (Lipinski definition) is 3. The van der Waals surface area contributed by atoms with Crippen LogP contribution in [0.4, 0.5) is 13.2 Å². The van der Waals surface area contributed by atoms with E-state index in [0.717, 1.165) is 25.9 Å². The molecule has 0 unspecified atom stereocenters. The van der Waals surface area contributed by atoms with Gasteiger partial charge in [0.1, 0.15) is 17.1 Å². The Labute approximate surface area is 109 Å². The summed E-state index contributed by atoms with van der Waals surface area (Å²) in [7, 11) is 0. The monoisotopic (exact) mass is 275 g/mol. The van der Waals surface area contributed by atoms with Gasteiger partial charge in [-0.2, -0.15) is 13.2 Å². The van der Waals surface area contributed by atoms with Crippen molar-refractivity contribution in [3.8, 4) is 11.5 Å². The van der Waals surface area contributed by atoms with Crippen molar-refractivity contribution in [2.24, 2.45) is 5.92 Å². The molecule has 1 aromatic rings. The van der Waals surface area contributed by atoms with E-state index in [1.165, 1.54) is 6.07 Å². The molecule has 106 valence electrons. The number of rotatable bonds is 2. The van der Waals surface area contributed by atoms with E-state index in [0.29, 0.717) is 12.5 Å². The summed E-state index contributed by atoms with van der Waals surface area (Å²) < 4.78 is 38.1. The fourth-order valence-corrected chi connectivity index (χ4v) is 2.45. The molecule has 1 aromatic carbocycles. The summed E-state index contributed by atoms with van der Waals surface area (Å²) >= 11 is 0. The molecule has 0 aromatic heterocycles. The van der Waals surface area contributed by atoms with E-state index in [4.69, 9.17) is 0 Å². The highest BCUT2D eigenvalue weighted by Crippen LogP contribution is 2.41. The second-order valence-corrected chi connectivity index (χ2v) is 4.90. The van der Waals surface area contributed by atoms with Gasteiger partial charge in [-0.25, -0.2) is 0 Å². The lowest BCUT2D eigenvalue weighted by Gasteiger charge is -2.23. The van der Waals surface area contributed by atoms with Gasteiger partial charge < -0.3 is 15.5 Å². The Hall–Kier alpha value is -1.43. The van der Waals surface area contributed by atoms with Crippen molar-refractivity contribution in [2.45, 2.75) is 25.4 Å². The Morgan fingerprint density at radius 2 is 1.79 bits per heavy atom. The van der Waals surface area contributed by atoms with Gasteiger partial charge in [-0.15, -0.1) is 0 Å². The number of hydrogen-bond acceptors (Lipinski definition) is 3. The smallest absolute Gasteiger partial charge is 0.420 e. The summed E-state index contributed by atoms with van der Waals surface area (Å²) in [6.45, 7) is 1.66. The Balaban J connectivity index is 2.27. The van der Waals surface area contributed by atoms with Gasteiger partial charge in [0.15, 0.2) is 0 Å². The molecule has 1 heterocycles. The molecule has 0 atom stereocenters. The van der Waals surface area contributed by atoms with E-state index in [9.17, 15) is 23.4 Å². The van der Waals surface area contributed by atoms with Crippen molar-refractivity contribution in [3.63, 3.8) is 0 Å². The summed E-state index contributed by atoms with van der Waals surface area (Å²) in [6.07, 6.45) is -2.59. The molecule has 3 N–H and O–H groups in total. The lowest BCUT2D eigenvalue weighted by atomic mass is 9.89. The van der Waals surface area contributed by atoms with Crippen LogP contribution in [0.15, 0.2) is 12.1 Å². The number of halogens is 3. The molecule has 0 radical (unpaired) electrons. The molecular weight excluding hydrogens is 259 g/mol. The summed E-state index contributed by atoms with van der Waals surface area (Å²) in [4.78, 5) is 0. The molecule has 0 spiro atoms. The minimum absolute atomic E-state index is 0.166. The number of nitrogens with one attached hydrogen (secondary N) is 1. The predicted molar refractivity (Wildman–Crippen MR) is 64.1 cm³/mol. The third kappa shape index (κ3) is 3.32. The zero-order valence-electron chi connectivity index (χ0n) is 10.3. The fraction of sp³-hybridized carbons (Fsp3) is 0.538. The van der Waals surface area contributed by atoms with Gasteiger partial charge in [0, 0.05) is 0 Å². The SMILES string of the molecule is Oc1cc(CC2CCNCC2)c(O)c(C(F)(F)F)c1. The third-order valence-corrected chi connectivity index (χ3v) is 3.45. The Bertz CT molecular complexity index is 454. The third-order valence-electron chi connectivity index (χ3n) is 3.45. The van der Waals surface area contributed by atoms with Crippen LogP contribution in [0.25, 0.3) is 0 Å². The van der Waals surface area contributed by atoms with E-state index in [2.05, 4.69) is 5.32 Å². The molecule has 1 fully saturated rings. The van der Waals surface area contributed by atoms with Gasteiger partial charge in [0.25, 0.3) is 0 Å². The number of phenols is 2. The van der Waals surface area contributed by atoms with Crippen LogP contribution in [0.2, 0.25) is 0 Å². The van der Waals surface area contributed by atoms with Gasteiger partial charge in [0.2, 0.25) is 0 Å². The van der Waals surface area contributed by atoms with Crippen LogP contribution in [-0.2, 0) is 12.6 Å². The topological polar surface area (TPSA) is 52.5 Å². The fourth-order valence-electron chi connectivity index (χ4n) is 2.45. The molecule has 2 rings (SSSR count). The second-order valence-electron chi connectivity index (χ2n) is 4.90. The minimum Gasteiger partial charge on any atom is -0.508 e. The molecule has 6 heteroatoms. The number of benzene rings is 1. The second kappa shape index (κ2) is 5.28. The van der Waals surface area contributed by atoms with E-state index < -0.39 is 23.2 Å². The van der Waals surface area contributed by atoms with Crippen molar-refractivity contribution in [1.29, 1.82) is 0 Å². The van der Waals surface area contributed by atoms with Crippen LogP contribution in [0.5, 0.6) is 11.5 Å². The maximum absolute atomic E-state index is 12.7. The Kier molecular flexibility index (Phi) is 3.89. The van der Waals surface area contributed by atoms with Crippen LogP contribution >= 0.6 is 0 Å². The van der Waals surface area contributed by atoms with Crippen LogP contribution in [0.3, 0.4) is 0 Å². The van der Waals surface area contributed by atoms with Crippen LogP contribution in [-0.4, -0.2) is 23.3 Å². The lowest BCUT2D eigenvalue weighted by molar-refractivity contribution is -0.138. The molecule has 0 bridgehead atoms. The number of alkyl halides is 3. The van der Waals surface area contributed by atoms with Crippen molar-refractivity contribution < 1.29 is 23.4 Å². The highest BCUT2D eigenvalue weighted by Gasteiger charge is 2.35. The van der Waals surface area contributed by atoms with E-state index >= 15 is 0 Å². The van der Waals surface area contributed by atoms with Gasteiger partial charge >= 0.3 is 6.18 Å². The Morgan fingerprint density at radius 1 is 1.16 bits per heavy atom. The molecular formula is C13H16F3NO2. The molecule has 1 aliphatic rings. The quantitative estimate of drug-likeness (QED) is 0.727. The van der Waals surface area contributed by atoms with E-state index in [1.54, 1.807) is 0 Å². The van der Waals surface area contributed by atoms with E-state index in [-0.39, 0.29) is 11.5 Å². The Morgan fingerprint density at radius 3 is 2.37 bits per heavy atom. The first kappa shape index (κ1) is 14.0. The molecule has 0 amide bonds. The first-order chi connectivity index (χ1) is 8.88. The number of aromatic hydroxyl groups is 2.